The highest BCUT2D eigenvalue weighted by Crippen LogP contribution is 2.35. The molecule has 2 heterocycles. The molecule has 0 bridgehead atoms. The van der Waals surface area contributed by atoms with Crippen molar-refractivity contribution < 1.29 is 43.2 Å². The molecule has 0 aliphatic carbocycles. The number of aromatic nitrogens is 2. The molecule has 0 saturated carbocycles. The number of amides is 1. The second-order valence-corrected chi connectivity index (χ2v) is 11.0. The van der Waals surface area contributed by atoms with Gasteiger partial charge in [-0.1, -0.05) is 35.3 Å². The van der Waals surface area contributed by atoms with Crippen LogP contribution in [0.4, 0.5) is 27.7 Å². The molecule has 15 nitrogen and oxygen atoms in total. The second-order valence-electron chi connectivity index (χ2n) is 10.2. The van der Waals surface area contributed by atoms with Crippen molar-refractivity contribution in [3.63, 3.8) is 0 Å². The highest BCUT2D eigenvalue weighted by molar-refractivity contribution is 6.35. The molecule has 6 N–H and O–H groups in total. The zero-order valence-electron chi connectivity index (χ0n) is 26.3. The first-order chi connectivity index (χ1) is 23.6. The molecule has 0 unspecified atom stereocenters. The number of nitrogens with one attached hydrogen (secondary N) is 4. The molecule has 2 aromatic heterocycles. The number of oxazole rings is 1. The van der Waals surface area contributed by atoms with Crippen LogP contribution < -0.4 is 21.3 Å². The average Bonchev–Trinajstić information content (AvgIpc) is 3.53. The second kappa shape index (κ2) is 18.5. The van der Waals surface area contributed by atoms with E-state index in [2.05, 4.69) is 31.2 Å². The Morgan fingerprint density at radius 1 is 0.918 bits per heavy atom. The van der Waals surface area contributed by atoms with Crippen LogP contribution in [0.1, 0.15) is 21.9 Å². The molecule has 0 aliphatic heterocycles. The number of anilines is 4. The normalized spacial score (nSPS) is 10.8. The van der Waals surface area contributed by atoms with Crippen LogP contribution in [0.15, 0.2) is 59.1 Å². The van der Waals surface area contributed by atoms with Gasteiger partial charge in [0.2, 0.25) is 5.89 Å². The Balaban J connectivity index is 1.41. The number of rotatable bonds is 19. The maximum atomic E-state index is 12.1. The van der Waals surface area contributed by atoms with E-state index in [-0.39, 0.29) is 51.6 Å². The molecule has 49 heavy (non-hydrogen) atoms. The number of alkyl carbamates (subject to hydrolysis) is 1. The molecule has 4 rings (SSSR count). The van der Waals surface area contributed by atoms with Crippen molar-refractivity contribution in [3.8, 4) is 11.3 Å². The summed E-state index contributed by atoms with van der Waals surface area (Å²) in [5.41, 5.74) is 2.68. The predicted molar refractivity (Wildman–Crippen MR) is 182 cm³/mol. The smallest absolute Gasteiger partial charge is 0.407 e. The van der Waals surface area contributed by atoms with Gasteiger partial charge in [0.05, 0.1) is 54.5 Å². The molecular weight excluding hydrogens is 683 g/mol. The van der Waals surface area contributed by atoms with Gasteiger partial charge in [-0.3, -0.25) is 0 Å². The molecule has 1 amide bonds. The Kier molecular flexibility index (Phi) is 13.8. The van der Waals surface area contributed by atoms with Crippen LogP contribution in [-0.2, 0) is 25.5 Å². The zero-order chi connectivity index (χ0) is 35.2. The first-order valence-electron chi connectivity index (χ1n) is 14.9. The molecule has 0 spiro atoms. The summed E-state index contributed by atoms with van der Waals surface area (Å²) in [5, 5.41) is 31.5. The van der Waals surface area contributed by atoms with E-state index < -0.39 is 24.6 Å². The number of aromatic carboxylic acids is 1. The maximum Gasteiger partial charge on any atom is 0.407 e. The third-order valence-electron chi connectivity index (χ3n) is 6.49. The molecule has 4 aromatic rings. The maximum absolute atomic E-state index is 12.1. The minimum atomic E-state index is -1.11. The van der Waals surface area contributed by atoms with Crippen LogP contribution in [0.2, 0.25) is 10.0 Å². The highest BCUT2D eigenvalue weighted by Gasteiger charge is 2.17. The van der Waals surface area contributed by atoms with Gasteiger partial charge in [-0.2, -0.15) is 0 Å². The van der Waals surface area contributed by atoms with Gasteiger partial charge in [0, 0.05) is 29.4 Å². The number of nitrogens with zero attached hydrogens (tertiary/aromatic N) is 2. The van der Waals surface area contributed by atoms with Crippen LogP contribution >= 0.6 is 23.2 Å². The van der Waals surface area contributed by atoms with Crippen LogP contribution in [0.5, 0.6) is 0 Å². The van der Waals surface area contributed by atoms with Crippen molar-refractivity contribution >= 4 is 64.1 Å². The number of ether oxygens (including phenoxy) is 3. The number of aryl methyl sites for hydroxylation is 1. The quantitative estimate of drug-likeness (QED) is 0.0648. The van der Waals surface area contributed by atoms with Gasteiger partial charge in [0.15, 0.2) is 11.6 Å². The Morgan fingerprint density at radius 3 is 2.49 bits per heavy atom. The van der Waals surface area contributed by atoms with Crippen molar-refractivity contribution in [1.29, 1.82) is 0 Å². The first kappa shape index (κ1) is 36.7. The molecular formula is C32H34Cl2N6O9. The van der Waals surface area contributed by atoms with Crippen molar-refractivity contribution in [2.45, 2.75) is 13.5 Å². The van der Waals surface area contributed by atoms with Gasteiger partial charge in [0.1, 0.15) is 18.9 Å². The number of hydrogen-bond acceptors (Lipinski definition) is 12. The molecule has 2 aromatic carbocycles. The highest BCUT2D eigenvalue weighted by atomic mass is 35.5. The van der Waals surface area contributed by atoms with Gasteiger partial charge >= 0.3 is 18.0 Å². The summed E-state index contributed by atoms with van der Waals surface area (Å²) in [6.07, 6.45) is 0.890. The third kappa shape index (κ3) is 11.5. The van der Waals surface area contributed by atoms with E-state index >= 15 is 0 Å². The van der Waals surface area contributed by atoms with Gasteiger partial charge < -0.3 is 50.1 Å². The fraction of sp³-hybridized carbons (Fsp3) is 0.281. The number of halogens is 2. The summed E-state index contributed by atoms with van der Waals surface area (Å²) in [6.45, 7) is 2.35. The number of benzene rings is 2. The number of pyridine rings is 1. The largest absolute Gasteiger partial charge is 0.480 e. The predicted octanol–water partition coefficient (Wildman–Crippen LogP) is 5.66. The van der Waals surface area contributed by atoms with Gasteiger partial charge in [-0.15, -0.1) is 0 Å². The summed E-state index contributed by atoms with van der Waals surface area (Å²) >= 11 is 12.5. The number of aliphatic carboxylic acids is 1. The molecule has 260 valence electrons. The summed E-state index contributed by atoms with van der Waals surface area (Å²) < 4.78 is 21.1. The lowest BCUT2D eigenvalue weighted by Gasteiger charge is -2.19. The lowest BCUT2D eigenvalue weighted by Crippen LogP contribution is -2.30. The number of carboxylic acids is 2. The minimum Gasteiger partial charge on any atom is -0.480 e. The molecule has 0 atom stereocenters. The summed E-state index contributed by atoms with van der Waals surface area (Å²) in [7, 11) is 0. The number of carbonyl (C=O) groups excluding carboxylic acids is 1. The fourth-order valence-corrected chi connectivity index (χ4v) is 4.72. The number of hydrogen-bond donors (Lipinski definition) is 6. The van der Waals surface area contributed by atoms with E-state index in [9.17, 15) is 19.5 Å². The van der Waals surface area contributed by atoms with E-state index in [1.165, 1.54) is 12.3 Å². The van der Waals surface area contributed by atoms with Crippen molar-refractivity contribution in [2.24, 2.45) is 0 Å². The molecule has 0 aliphatic rings. The Hall–Kier alpha value is -5.09. The first-order valence-corrected chi connectivity index (χ1v) is 15.6. The van der Waals surface area contributed by atoms with Crippen molar-refractivity contribution in [1.82, 2.24) is 15.3 Å². The molecule has 17 heteroatoms. The standard InChI is InChI=1S/C32H34Cl2N6O9/c1-19-14-25(35-8-9-36-32(45)48-13-12-46-10-11-47-18-28(41)42)29(30(39-19)40-24-5-3-2-4-21(24)31(43)44)38-17-27-37-16-26(49-27)22-15-20(33)6-7-23(22)34/h2-7,14-16,38H,8-13,17-18H2,1H3,(H,36,45)(H,41,42)(H,43,44)(H2,35,39,40). The van der Waals surface area contributed by atoms with E-state index in [0.717, 1.165) is 0 Å². The van der Waals surface area contributed by atoms with Crippen LogP contribution in [0.3, 0.4) is 0 Å². The Bertz CT molecular complexity index is 1750. The molecule has 0 radical (unpaired) electrons. The Morgan fingerprint density at radius 2 is 1.69 bits per heavy atom. The van der Waals surface area contributed by atoms with E-state index in [0.29, 0.717) is 55.8 Å². The van der Waals surface area contributed by atoms with Gasteiger partial charge in [0.25, 0.3) is 0 Å². The Labute approximate surface area is 290 Å². The van der Waals surface area contributed by atoms with Gasteiger partial charge in [-0.05, 0) is 43.3 Å². The number of carboxylic acid groups (broad SMARTS) is 2. The topological polar surface area (TPSA) is 206 Å². The van der Waals surface area contributed by atoms with Crippen molar-refractivity contribution in [2.75, 3.05) is 62.1 Å². The van der Waals surface area contributed by atoms with E-state index in [4.69, 9.17) is 46.9 Å². The number of carbonyl (C=O) groups is 3. The summed E-state index contributed by atoms with van der Waals surface area (Å²) in [4.78, 5) is 43.4. The lowest BCUT2D eigenvalue weighted by atomic mass is 10.1. The average molecular weight is 718 g/mol. The van der Waals surface area contributed by atoms with Crippen molar-refractivity contribution in [3.05, 3.63) is 81.9 Å². The fourth-order valence-electron chi connectivity index (χ4n) is 4.34. The lowest BCUT2D eigenvalue weighted by molar-refractivity contribution is -0.142. The SMILES string of the molecule is Cc1cc(NCCNC(=O)OCCOCCOCC(=O)O)c(NCc2ncc(-c3cc(Cl)ccc3Cl)o2)c(Nc2ccccc2C(=O)O)n1. The van der Waals surface area contributed by atoms with E-state index in [1.807, 2.05) is 0 Å². The van der Waals surface area contributed by atoms with Crippen LogP contribution in [0.25, 0.3) is 11.3 Å². The minimum absolute atomic E-state index is 0.00526. The van der Waals surface area contributed by atoms with E-state index in [1.54, 1.807) is 49.4 Å². The van der Waals surface area contributed by atoms with Gasteiger partial charge in [-0.25, -0.2) is 24.4 Å². The van der Waals surface area contributed by atoms with Crippen LogP contribution in [-0.4, -0.2) is 84.3 Å². The summed E-state index contributed by atoms with van der Waals surface area (Å²) in [6, 6.07) is 13.3. The summed E-state index contributed by atoms with van der Waals surface area (Å²) in [5.74, 6) is -1.09. The molecule has 0 fully saturated rings. The molecule has 0 saturated heterocycles. The number of para-hydroxylation sites is 1. The third-order valence-corrected chi connectivity index (χ3v) is 7.05. The monoisotopic (exact) mass is 716 g/mol. The zero-order valence-corrected chi connectivity index (χ0v) is 27.8. The van der Waals surface area contributed by atoms with Crippen LogP contribution in [0, 0.1) is 6.92 Å².